The number of aromatic amines is 1. The minimum absolute atomic E-state index is 0.239. The molecule has 6 nitrogen and oxygen atoms in total. The smallest absolute Gasteiger partial charge is 0.276 e. The molecule has 21 heavy (non-hydrogen) atoms. The number of carbonyl (C=O) groups excluding carboxylic acids is 1. The Balaban J connectivity index is 1.59. The summed E-state index contributed by atoms with van der Waals surface area (Å²) in [5.74, 6) is 2.14. The average molecular weight is 348 g/mol. The van der Waals surface area contributed by atoms with E-state index >= 15 is 0 Å². The molecule has 0 aliphatic heterocycles. The molecule has 1 amide bonds. The Hall–Kier alpha value is -1.76. The van der Waals surface area contributed by atoms with E-state index in [1.165, 1.54) is 0 Å². The molecule has 2 aromatic rings. The molecule has 108 valence electrons. The van der Waals surface area contributed by atoms with Crippen LogP contribution in [0, 0.1) is 0 Å². The van der Waals surface area contributed by atoms with Gasteiger partial charge in [0.1, 0.15) is 17.3 Å². The van der Waals surface area contributed by atoms with E-state index in [1.54, 1.807) is 12.4 Å². The summed E-state index contributed by atoms with van der Waals surface area (Å²) in [7, 11) is 0. The summed E-state index contributed by atoms with van der Waals surface area (Å²) in [4.78, 5) is 21.1. The lowest BCUT2D eigenvalue weighted by molar-refractivity contribution is 0.102. The summed E-state index contributed by atoms with van der Waals surface area (Å²) in [6.07, 6.45) is 7.98. The van der Waals surface area contributed by atoms with E-state index in [4.69, 9.17) is 0 Å². The number of nitrogens with zero attached hydrogens (tertiary/aromatic N) is 3. The number of aromatic nitrogens is 4. The Morgan fingerprint density at radius 2 is 2.00 bits per heavy atom. The van der Waals surface area contributed by atoms with Crippen LogP contribution in [0.15, 0.2) is 16.9 Å². The molecule has 2 aliphatic carbocycles. The van der Waals surface area contributed by atoms with E-state index in [0.717, 1.165) is 37.1 Å². The van der Waals surface area contributed by atoms with Crippen molar-refractivity contribution in [1.29, 1.82) is 0 Å². The quantitative estimate of drug-likeness (QED) is 0.890. The lowest BCUT2D eigenvalue weighted by atomic mass is 10.2. The van der Waals surface area contributed by atoms with E-state index < -0.39 is 0 Å². The molecule has 2 N–H and O–H groups in total. The fourth-order valence-corrected chi connectivity index (χ4v) is 2.72. The van der Waals surface area contributed by atoms with Crippen molar-refractivity contribution in [2.24, 2.45) is 0 Å². The number of hydrogen-bond donors (Lipinski definition) is 2. The summed E-state index contributed by atoms with van der Waals surface area (Å²) in [5, 5.41) is 9.76. The van der Waals surface area contributed by atoms with Crippen LogP contribution in [0.5, 0.6) is 0 Å². The second-order valence-electron chi connectivity index (χ2n) is 5.63. The lowest BCUT2D eigenvalue weighted by Gasteiger charge is -2.07. The Morgan fingerprint density at radius 1 is 1.24 bits per heavy atom. The molecule has 2 fully saturated rings. The fraction of sp³-hybridized carbons (Fsp3) is 0.429. The van der Waals surface area contributed by atoms with Gasteiger partial charge >= 0.3 is 0 Å². The zero-order chi connectivity index (χ0) is 14.4. The highest BCUT2D eigenvalue weighted by Gasteiger charge is 2.30. The van der Waals surface area contributed by atoms with Gasteiger partial charge in [-0.15, -0.1) is 0 Å². The molecule has 7 heteroatoms. The molecule has 0 atom stereocenters. The third kappa shape index (κ3) is 2.57. The number of halogens is 1. The minimum atomic E-state index is -0.239. The van der Waals surface area contributed by atoms with Gasteiger partial charge < -0.3 is 5.32 Å². The summed E-state index contributed by atoms with van der Waals surface area (Å²) in [6, 6.07) is 0. The molecular formula is C14H14BrN5O. The van der Waals surface area contributed by atoms with Gasteiger partial charge in [-0.2, -0.15) is 5.10 Å². The predicted octanol–water partition coefficient (Wildman–Crippen LogP) is 2.97. The third-order valence-electron chi connectivity index (χ3n) is 3.84. The molecular weight excluding hydrogens is 334 g/mol. The minimum Gasteiger partial charge on any atom is -0.305 e. The zero-order valence-electron chi connectivity index (χ0n) is 11.3. The van der Waals surface area contributed by atoms with Crippen LogP contribution in [0.2, 0.25) is 0 Å². The van der Waals surface area contributed by atoms with Crippen molar-refractivity contribution in [3.05, 3.63) is 33.9 Å². The molecule has 0 bridgehead atoms. The number of hydrogen-bond acceptors (Lipinski definition) is 4. The molecule has 0 radical (unpaired) electrons. The van der Waals surface area contributed by atoms with Crippen LogP contribution < -0.4 is 5.32 Å². The maximum absolute atomic E-state index is 12.4. The number of carbonyl (C=O) groups is 1. The molecule has 2 aliphatic rings. The maximum Gasteiger partial charge on any atom is 0.276 e. The second-order valence-corrected chi connectivity index (χ2v) is 6.48. The monoisotopic (exact) mass is 347 g/mol. The topological polar surface area (TPSA) is 83.6 Å². The number of amides is 1. The van der Waals surface area contributed by atoms with Gasteiger partial charge in [-0.1, -0.05) is 0 Å². The SMILES string of the molecule is O=C(Nc1[nH]ncc1C1CC1)c1nc(C2CC2)ncc1Br. The van der Waals surface area contributed by atoms with Crippen molar-refractivity contribution < 1.29 is 4.79 Å². The van der Waals surface area contributed by atoms with Crippen molar-refractivity contribution in [3.8, 4) is 0 Å². The first-order chi connectivity index (χ1) is 10.2. The van der Waals surface area contributed by atoms with Gasteiger partial charge in [-0.25, -0.2) is 9.97 Å². The summed E-state index contributed by atoms with van der Waals surface area (Å²) in [6.45, 7) is 0. The van der Waals surface area contributed by atoms with Crippen molar-refractivity contribution in [1.82, 2.24) is 20.2 Å². The first kappa shape index (κ1) is 12.9. The first-order valence-electron chi connectivity index (χ1n) is 7.09. The van der Waals surface area contributed by atoms with Gasteiger partial charge in [-0.3, -0.25) is 9.89 Å². The number of H-pyrrole nitrogens is 1. The highest BCUT2D eigenvalue weighted by molar-refractivity contribution is 9.10. The van der Waals surface area contributed by atoms with Gasteiger partial charge in [0, 0.05) is 17.7 Å². The summed E-state index contributed by atoms with van der Waals surface area (Å²) < 4.78 is 0.608. The van der Waals surface area contributed by atoms with Crippen LogP contribution in [-0.4, -0.2) is 26.1 Å². The Kier molecular flexibility index (Phi) is 3.02. The predicted molar refractivity (Wildman–Crippen MR) is 80.2 cm³/mol. The highest BCUT2D eigenvalue weighted by Crippen LogP contribution is 2.42. The van der Waals surface area contributed by atoms with Gasteiger partial charge in [-0.05, 0) is 47.5 Å². The summed E-state index contributed by atoms with van der Waals surface area (Å²) >= 11 is 3.35. The van der Waals surface area contributed by atoms with E-state index in [2.05, 4.69) is 41.4 Å². The Morgan fingerprint density at radius 3 is 2.71 bits per heavy atom. The van der Waals surface area contributed by atoms with E-state index in [9.17, 15) is 4.79 Å². The fourth-order valence-electron chi connectivity index (χ4n) is 2.35. The highest BCUT2D eigenvalue weighted by atomic mass is 79.9. The van der Waals surface area contributed by atoms with E-state index in [-0.39, 0.29) is 5.91 Å². The molecule has 0 unspecified atom stereocenters. The maximum atomic E-state index is 12.4. The van der Waals surface area contributed by atoms with Crippen LogP contribution in [0.4, 0.5) is 5.82 Å². The number of rotatable bonds is 4. The number of nitrogens with one attached hydrogen (secondary N) is 2. The molecule has 0 spiro atoms. The van der Waals surface area contributed by atoms with Gasteiger partial charge in [0.05, 0.1) is 10.7 Å². The average Bonchev–Trinajstić information content (AvgIpc) is 3.39. The molecule has 0 aromatic carbocycles. The van der Waals surface area contributed by atoms with Gasteiger partial charge in [0.15, 0.2) is 0 Å². The first-order valence-corrected chi connectivity index (χ1v) is 7.88. The van der Waals surface area contributed by atoms with Crippen LogP contribution >= 0.6 is 15.9 Å². The molecule has 2 heterocycles. The van der Waals surface area contributed by atoms with E-state index in [1.807, 2.05) is 0 Å². The molecule has 0 saturated heterocycles. The summed E-state index contributed by atoms with van der Waals surface area (Å²) in [5.41, 5.74) is 1.46. The van der Waals surface area contributed by atoms with Crippen molar-refractivity contribution in [2.45, 2.75) is 37.5 Å². The van der Waals surface area contributed by atoms with Crippen LogP contribution in [0.1, 0.15) is 59.4 Å². The third-order valence-corrected chi connectivity index (χ3v) is 4.43. The Labute approximate surface area is 129 Å². The van der Waals surface area contributed by atoms with Crippen molar-refractivity contribution in [3.63, 3.8) is 0 Å². The second kappa shape index (κ2) is 4.91. The lowest BCUT2D eigenvalue weighted by Crippen LogP contribution is -2.17. The van der Waals surface area contributed by atoms with Crippen LogP contribution in [0.25, 0.3) is 0 Å². The molecule has 2 aromatic heterocycles. The van der Waals surface area contributed by atoms with Crippen molar-refractivity contribution in [2.75, 3.05) is 5.32 Å². The normalized spacial score (nSPS) is 17.8. The number of anilines is 1. The van der Waals surface area contributed by atoms with Crippen LogP contribution in [-0.2, 0) is 0 Å². The van der Waals surface area contributed by atoms with Gasteiger partial charge in [0.2, 0.25) is 0 Å². The zero-order valence-corrected chi connectivity index (χ0v) is 12.9. The van der Waals surface area contributed by atoms with Crippen molar-refractivity contribution >= 4 is 27.7 Å². The molecule has 2 saturated carbocycles. The van der Waals surface area contributed by atoms with E-state index in [0.29, 0.717) is 27.8 Å². The van der Waals surface area contributed by atoms with Crippen LogP contribution in [0.3, 0.4) is 0 Å². The Bertz CT molecular complexity index is 705. The standard InChI is InChI=1S/C14H14BrN5O/c15-10-6-16-12(8-3-4-8)18-11(10)14(21)19-13-9(5-17-20-13)7-1-2-7/h5-8H,1-4H2,(H2,17,19,20,21). The molecule has 4 rings (SSSR count). The largest absolute Gasteiger partial charge is 0.305 e. The van der Waals surface area contributed by atoms with Gasteiger partial charge in [0.25, 0.3) is 5.91 Å².